The maximum absolute atomic E-state index is 4.38. The fourth-order valence-corrected chi connectivity index (χ4v) is 1.63. The molecular weight excluding hydrogens is 156 g/mol. The molecule has 0 fully saturated rings. The summed E-state index contributed by atoms with van der Waals surface area (Å²) in [6.45, 7) is 2.26. The highest BCUT2D eigenvalue weighted by Gasteiger charge is 1.93. The average molecular weight is 176 g/mol. The Hall–Kier alpha value is 0.567. The van der Waals surface area contributed by atoms with Crippen molar-refractivity contribution in [3.05, 3.63) is 0 Å². The third-order valence-electron chi connectivity index (χ3n) is 1.73. The van der Waals surface area contributed by atoms with E-state index in [-0.39, 0.29) is 0 Å². The standard InChI is InChI=1S/C8H20SSi/c1-2-3-4-5-6-7-8(9)10/h8-9H,2-7H2,1,10H3. The van der Waals surface area contributed by atoms with E-state index in [0.717, 1.165) is 4.87 Å². The first-order valence-corrected chi connectivity index (χ1v) is 6.12. The first-order valence-electron chi connectivity index (χ1n) is 4.45. The summed E-state index contributed by atoms with van der Waals surface area (Å²) in [6, 6.07) is 0. The third-order valence-corrected chi connectivity index (χ3v) is 2.56. The molecule has 0 heterocycles. The highest BCUT2D eigenvalue weighted by atomic mass is 32.1. The molecule has 0 aromatic heterocycles. The first-order chi connectivity index (χ1) is 4.77. The average Bonchev–Trinajstić information content (AvgIpc) is 1.87. The lowest BCUT2D eigenvalue weighted by Crippen LogP contribution is -1.95. The van der Waals surface area contributed by atoms with Crippen molar-refractivity contribution < 1.29 is 0 Å². The van der Waals surface area contributed by atoms with E-state index in [9.17, 15) is 0 Å². The predicted molar refractivity (Wildman–Crippen MR) is 56.1 cm³/mol. The Labute approximate surface area is 73.6 Å². The van der Waals surface area contributed by atoms with Crippen molar-refractivity contribution in [2.24, 2.45) is 0 Å². The van der Waals surface area contributed by atoms with E-state index < -0.39 is 0 Å². The molecule has 0 spiro atoms. The summed E-state index contributed by atoms with van der Waals surface area (Å²) in [4.78, 5) is 0.738. The predicted octanol–water partition coefficient (Wildman–Crippen LogP) is 1.97. The zero-order chi connectivity index (χ0) is 7.82. The van der Waals surface area contributed by atoms with Crippen molar-refractivity contribution in [2.45, 2.75) is 50.3 Å². The molecule has 0 radical (unpaired) electrons. The van der Waals surface area contributed by atoms with Gasteiger partial charge in [0.1, 0.15) is 0 Å². The molecule has 0 rings (SSSR count). The van der Waals surface area contributed by atoms with Crippen molar-refractivity contribution in [3.8, 4) is 0 Å². The minimum Gasteiger partial charge on any atom is -0.180 e. The van der Waals surface area contributed by atoms with Crippen LogP contribution in [0, 0.1) is 0 Å². The fraction of sp³-hybridized carbons (Fsp3) is 1.00. The van der Waals surface area contributed by atoms with Gasteiger partial charge in [-0.2, -0.15) is 12.6 Å². The summed E-state index contributed by atoms with van der Waals surface area (Å²) in [5.74, 6) is 0. The molecule has 0 aliphatic heterocycles. The Morgan fingerprint density at radius 1 is 1.20 bits per heavy atom. The van der Waals surface area contributed by atoms with Gasteiger partial charge in [0.05, 0.1) is 0 Å². The number of thiol groups is 1. The van der Waals surface area contributed by atoms with Crippen molar-refractivity contribution in [3.63, 3.8) is 0 Å². The molecule has 0 saturated carbocycles. The quantitative estimate of drug-likeness (QED) is 0.357. The number of hydrogen-bond acceptors (Lipinski definition) is 1. The second kappa shape index (κ2) is 7.67. The van der Waals surface area contributed by atoms with Crippen LogP contribution in [0.3, 0.4) is 0 Å². The maximum atomic E-state index is 4.38. The van der Waals surface area contributed by atoms with Crippen LogP contribution in [0.4, 0.5) is 0 Å². The number of unbranched alkanes of at least 4 members (excludes halogenated alkanes) is 4. The molecule has 2 heteroatoms. The number of rotatable bonds is 6. The van der Waals surface area contributed by atoms with Crippen LogP contribution >= 0.6 is 12.6 Å². The van der Waals surface area contributed by atoms with E-state index in [4.69, 9.17) is 0 Å². The van der Waals surface area contributed by atoms with Crippen molar-refractivity contribution in [1.82, 2.24) is 0 Å². The molecule has 0 aromatic carbocycles. The van der Waals surface area contributed by atoms with E-state index in [1.165, 1.54) is 48.8 Å². The summed E-state index contributed by atoms with van der Waals surface area (Å²) >= 11 is 4.38. The smallest absolute Gasteiger partial charge is 0.0189 e. The Morgan fingerprint density at radius 2 is 1.80 bits per heavy atom. The Kier molecular flexibility index (Phi) is 8.11. The molecule has 62 valence electrons. The maximum Gasteiger partial charge on any atom is 0.0189 e. The van der Waals surface area contributed by atoms with Gasteiger partial charge in [0.25, 0.3) is 0 Å². The van der Waals surface area contributed by atoms with Gasteiger partial charge < -0.3 is 0 Å². The van der Waals surface area contributed by atoms with Crippen LogP contribution < -0.4 is 0 Å². The minimum atomic E-state index is 0.738. The van der Waals surface area contributed by atoms with Gasteiger partial charge in [-0.05, 0) is 11.3 Å². The second-order valence-corrected chi connectivity index (χ2v) is 6.30. The highest BCUT2D eigenvalue weighted by Crippen LogP contribution is 2.07. The van der Waals surface area contributed by atoms with E-state index in [0.29, 0.717) is 0 Å². The van der Waals surface area contributed by atoms with Gasteiger partial charge in [-0.3, -0.25) is 0 Å². The molecule has 0 N–H and O–H groups in total. The van der Waals surface area contributed by atoms with Crippen LogP contribution in [0.2, 0.25) is 0 Å². The lowest BCUT2D eigenvalue weighted by atomic mass is 10.1. The Bertz CT molecular complexity index is 64.3. The summed E-state index contributed by atoms with van der Waals surface area (Å²) in [5, 5.41) is 0. The third kappa shape index (κ3) is 8.57. The molecular formula is C8H20SSi. The van der Waals surface area contributed by atoms with Crippen molar-refractivity contribution in [1.29, 1.82) is 0 Å². The molecule has 0 saturated heterocycles. The molecule has 0 amide bonds. The molecule has 1 unspecified atom stereocenters. The van der Waals surface area contributed by atoms with Crippen LogP contribution in [0.15, 0.2) is 0 Å². The monoisotopic (exact) mass is 176 g/mol. The van der Waals surface area contributed by atoms with E-state index >= 15 is 0 Å². The zero-order valence-corrected chi connectivity index (χ0v) is 10.2. The van der Waals surface area contributed by atoms with Gasteiger partial charge in [-0.15, -0.1) is 0 Å². The first kappa shape index (κ1) is 10.6. The lowest BCUT2D eigenvalue weighted by molar-refractivity contribution is 0.621. The summed E-state index contributed by atoms with van der Waals surface area (Å²) < 4.78 is 0. The zero-order valence-electron chi connectivity index (χ0n) is 7.27. The van der Waals surface area contributed by atoms with Gasteiger partial charge in [0, 0.05) is 10.2 Å². The van der Waals surface area contributed by atoms with Crippen LogP contribution in [0.5, 0.6) is 0 Å². The SMILES string of the molecule is CCCCCCCC([SiH3])S. The second-order valence-electron chi connectivity index (χ2n) is 3.05. The van der Waals surface area contributed by atoms with Crippen LogP contribution in [0.25, 0.3) is 0 Å². The van der Waals surface area contributed by atoms with Gasteiger partial charge >= 0.3 is 0 Å². The molecule has 0 bridgehead atoms. The largest absolute Gasteiger partial charge is 0.180 e. The summed E-state index contributed by atoms with van der Waals surface area (Å²) in [6.07, 6.45) is 8.37. The van der Waals surface area contributed by atoms with Gasteiger partial charge in [-0.1, -0.05) is 39.0 Å². The van der Waals surface area contributed by atoms with E-state index in [1.807, 2.05) is 0 Å². The minimum absolute atomic E-state index is 0.738. The molecule has 0 aliphatic rings. The molecule has 0 nitrogen and oxygen atoms in total. The molecule has 1 atom stereocenters. The van der Waals surface area contributed by atoms with Crippen LogP contribution in [0.1, 0.15) is 45.4 Å². The number of hydrogen-bond donors (Lipinski definition) is 1. The normalized spacial score (nSPS) is 13.8. The van der Waals surface area contributed by atoms with Gasteiger partial charge in [0.2, 0.25) is 0 Å². The van der Waals surface area contributed by atoms with Crippen LogP contribution in [-0.4, -0.2) is 15.1 Å². The Balaban J connectivity index is 2.77. The van der Waals surface area contributed by atoms with Gasteiger partial charge in [-0.25, -0.2) is 0 Å². The fourth-order valence-electron chi connectivity index (χ4n) is 1.04. The Morgan fingerprint density at radius 3 is 2.30 bits per heavy atom. The highest BCUT2D eigenvalue weighted by molar-refractivity contribution is 7.82. The van der Waals surface area contributed by atoms with Crippen molar-refractivity contribution in [2.75, 3.05) is 0 Å². The summed E-state index contributed by atoms with van der Waals surface area (Å²) in [5.41, 5.74) is 0. The van der Waals surface area contributed by atoms with Crippen LogP contribution in [-0.2, 0) is 0 Å². The summed E-state index contributed by atoms with van der Waals surface area (Å²) in [7, 11) is 1.25. The lowest BCUT2D eigenvalue weighted by Gasteiger charge is -2.02. The molecule has 0 aliphatic carbocycles. The van der Waals surface area contributed by atoms with Crippen molar-refractivity contribution >= 4 is 22.9 Å². The molecule has 0 aromatic rings. The van der Waals surface area contributed by atoms with E-state index in [1.54, 1.807) is 0 Å². The van der Waals surface area contributed by atoms with Gasteiger partial charge in [0.15, 0.2) is 0 Å². The molecule has 10 heavy (non-hydrogen) atoms. The van der Waals surface area contributed by atoms with E-state index in [2.05, 4.69) is 19.6 Å². The topological polar surface area (TPSA) is 0 Å².